The van der Waals surface area contributed by atoms with Gasteiger partial charge in [-0.3, -0.25) is 4.79 Å². The zero-order valence-electron chi connectivity index (χ0n) is 11.6. The number of esters is 1. The first-order chi connectivity index (χ1) is 8.44. The molecule has 0 aromatic rings. The molecule has 0 fully saturated rings. The molecule has 0 unspecified atom stereocenters. The number of nitrogens with one attached hydrogen (secondary N) is 1. The largest absolute Gasteiger partial charge is 0.463 e. The first-order valence-electron chi connectivity index (χ1n) is 6.00. The van der Waals surface area contributed by atoms with Gasteiger partial charge in [0, 0.05) is 5.75 Å². The fourth-order valence-electron chi connectivity index (χ4n) is 0.905. The van der Waals surface area contributed by atoms with Gasteiger partial charge in [-0.15, -0.1) is 0 Å². The smallest absolute Gasteiger partial charge is 0.407 e. The van der Waals surface area contributed by atoms with Crippen molar-refractivity contribution in [2.75, 3.05) is 31.8 Å². The number of hydrogen-bond donors (Lipinski definition) is 1. The fourth-order valence-corrected chi connectivity index (χ4v) is 1.16. The number of carbonyl (C=O) groups is 2. The normalized spacial score (nSPS) is 10.9. The molecular weight excluding hydrogens is 254 g/mol. The molecule has 6 heteroatoms. The number of amides is 1. The van der Waals surface area contributed by atoms with Gasteiger partial charge in [-0.25, -0.2) is 4.79 Å². The van der Waals surface area contributed by atoms with E-state index in [0.717, 1.165) is 12.2 Å². The molecule has 0 rings (SSSR count). The van der Waals surface area contributed by atoms with Crippen LogP contribution in [0.5, 0.6) is 0 Å². The van der Waals surface area contributed by atoms with E-state index >= 15 is 0 Å². The molecule has 0 heterocycles. The zero-order valence-corrected chi connectivity index (χ0v) is 12.4. The third-order valence-electron chi connectivity index (χ3n) is 2.56. The van der Waals surface area contributed by atoms with Crippen molar-refractivity contribution < 1.29 is 19.1 Å². The number of alkyl carbamates (subject to hydrolysis) is 1. The van der Waals surface area contributed by atoms with Crippen LogP contribution in [-0.4, -0.2) is 43.8 Å². The predicted molar refractivity (Wildman–Crippen MR) is 72.8 cm³/mol. The minimum absolute atomic E-state index is 0.167. The van der Waals surface area contributed by atoms with Crippen molar-refractivity contribution >= 4 is 23.8 Å². The van der Waals surface area contributed by atoms with Gasteiger partial charge in [-0.1, -0.05) is 6.92 Å². The van der Waals surface area contributed by atoms with Gasteiger partial charge >= 0.3 is 12.1 Å². The van der Waals surface area contributed by atoms with Gasteiger partial charge in [-0.05, 0) is 26.5 Å². The summed E-state index contributed by atoms with van der Waals surface area (Å²) in [5.74, 6) is 0.523. The topological polar surface area (TPSA) is 64.6 Å². The van der Waals surface area contributed by atoms with Gasteiger partial charge in [-0.2, -0.15) is 11.8 Å². The van der Waals surface area contributed by atoms with Crippen LogP contribution >= 0.6 is 11.8 Å². The summed E-state index contributed by atoms with van der Waals surface area (Å²) in [6, 6.07) is 0. The van der Waals surface area contributed by atoms with E-state index in [4.69, 9.17) is 9.47 Å². The van der Waals surface area contributed by atoms with Crippen LogP contribution in [0.25, 0.3) is 0 Å². The van der Waals surface area contributed by atoms with Gasteiger partial charge in [0.2, 0.25) is 0 Å². The van der Waals surface area contributed by atoms with Crippen molar-refractivity contribution in [2.45, 2.75) is 27.2 Å². The second-order valence-corrected chi connectivity index (χ2v) is 5.41. The molecule has 0 aromatic heterocycles. The number of ether oxygens (including phenoxy) is 2. The maximum absolute atomic E-state index is 11.6. The van der Waals surface area contributed by atoms with Crippen molar-refractivity contribution in [1.82, 2.24) is 5.32 Å². The number of carbonyl (C=O) groups excluding carboxylic acids is 2. The molecule has 0 atom stereocenters. The predicted octanol–water partition coefficient (Wildman–Crippen LogP) is 2.06. The van der Waals surface area contributed by atoms with Crippen molar-refractivity contribution in [3.8, 4) is 0 Å². The Morgan fingerprint density at radius 3 is 2.44 bits per heavy atom. The van der Waals surface area contributed by atoms with Gasteiger partial charge in [0.05, 0.1) is 12.0 Å². The van der Waals surface area contributed by atoms with Crippen LogP contribution in [0.1, 0.15) is 27.2 Å². The van der Waals surface area contributed by atoms with Crippen LogP contribution in [0.15, 0.2) is 0 Å². The van der Waals surface area contributed by atoms with Crippen LogP contribution < -0.4 is 5.32 Å². The molecule has 18 heavy (non-hydrogen) atoms. The van der Waals surface area contributed by atoms with E-state index in [9.17, 15) is 9.59 Å². The summed E-state index contributed by atoms with van der Waals surface area (Å²) >= 11 is 1.61. The molecule has 1 amide bonds. The van der Waals surface area contributed by atoms with Crippen LogP contribution in [-0.2, 0) is 14.3 Å². The Bertz CT molecular complexity index is 269. The first-order valence-corrected chi connectivity index (χ1v) is 7.40. The zero-order chi connectivity index (χ0) is 14.0. The van der Waals surface area contributed by atoms with Crippen LogP contribution in [0.2, 0.25) is 0 Å². The highest BCUT2D eigenvalue weighted by Gasteiger charge is 2.26. The molecule has 0 spiro atoms. The quantitative estimate of drug-likeness (QED) is 0.543. The van der Waals surface area contributed by atoms with E-state index in [1.165, 1.54) is 0 Å². The third kappa shape index (κ3) is 7.42. The molecule has 0 bridgehead atoms. The summed E-state index contributed by atoms with van der Waals surface area (Å²) in [5, 5.41) is 2.52. The SMILES string of the molecule is CCC(C)(C)C(=O)OCCNC(=O)OCCSC. The molecular formula is C12H23NO4S. The molecule has 106 valence electrons. The van der Waals surface area contributed by atoms with Crippen molar-refractivity contribution in [3.63, 3.8) is 0 Å². The molecule has 0 aromatic carbocycles. The standard InChI is InChI=1S/C12H23NO4S/c1-5-12(2,3)10(14)16-7-6-13-11(15)17-8-9-18-4/h5-9H2,1-4H3,(H,13,15). The van der Waals surface area contributed by atoms with Crippen molar-refractivity contribution in [1.29, 1.82) is 0 Å². The Hall–Kier alpha value is -0.910. The van der Waals surface area contributed by atoms with E-state index < -0.39 is 11.5 Å². The van der Waals surface area contributed by atoms with Crippen LogP contribution in [0.4, 0.5) is 4.79 Å². The summed E-state index contributed by atoms with van der Waals surface area (Å²) < 4.78 is 9.93. The van der Waals surface area contributed by atoms with Gasteiger partial charge in [0.1, 0.15) is 13.2 Å². The van der Waals surface area contributed by atoms with E-state index in [1.807, 2.05) is 27.0 Å². The summed E-state index contributed by atoms with van der Waals surface area (Å²) in [4.78, 5) is 22.7. The molecule has 0 saturated carbocycles. The lowest BCUT2D eigenvalue weighted by molar-refractivity contribution is -0.153. The van der Waals surface area contributed by atoms with E-state index in [2.05, 4.69) is 5.32 Å². The maximum atomic E-state index is 11.6. The Labute approximate surface area is 113 Å². The van der Waals surface area contributed by atoms with Gasteiger partial charge < -0.3 is 14.8 Å². The van der Waals surface area contributed by atoms with E-state index in [0.29, 0.717) is 6.61 Å². The highest BCUT2D eigenvalue weighted by molar-refractivity contribution is 7.98. The molecule has 5 nitrogen and oxygen atoms in total. The second kappa shape index (κ2) is 9.08. The van der Waals surface area contributed by atoms with Crippen LogP contribution in [0.3, 0.4) is 0 Å². The molecule has 0 aliphatic rings. The Morgan fingerprint density at radius 1 is 1.22 bits per heavy atom. The average Bonchev–Trinajstić information content (AvgIpc) is 2.34. The minimum atomic E-state index is -0.477. The highest BCUT2D eigenvalue weighted by Crippen LogP contribution is 2.21. The lowest BCUT2D eigenvalue weighted by Crippen LogP contribution is -2.32. The van der Waals surface area contributed by atoms with E-state index in [-0.39, 0.29) is 19.1 Å². The van der Waals surface area contributed by atoms with Crippen molar-refractivity contribution in [2.24, 2.45) is 5.41 Å². The summed E-state index contributed by atoms with van der Waals surface area (Å²) in [5.41, 5.74) is -0.473. The number of rotatable bonds is 8. The molecule has 0 aliphatic carbocycles. The Morgan fingerprint density at radius 2 is 1.89 bits per heavy atom. The molecule has 0 saturated heterocycles. The highest BCUT2D eigenvalue weighted by atomic mass is 32.2. The van der Waals surface area contributed by atoms with Crippen LogP contribution in [0, 0.1) is 5.41 Å². The van der Waals surface area contributed by atoms with E-state index in [1.54, 1.807) is 11.8 Å². The number of thioether (sulfide) groups is 1. The first kappa shape index (κ1) is 17.1. The lowest BCUT2D eigenvalue weighted by Gasteiger charge is -2.20. The van der Waals surface area contributed by atoms with Gasteiger partial charge in [0.25, 0.3) is 0 Å². The fraction of sp³-hybridized carbons (Fsp3) is 0.833. The monoisotopic (exact) mass is 277 g/mol. The average molecular weight is 277 g/mol. The Kier molecular flexibility index (Phi) is 8.62. The maximum Gasteiger partial charge on any atom is 0.407 e. The molecule has 1 N–H and O–H groups in total. The van der Waals surface area contributed by atoms with Gasteiger partial charge in [0.15, 0.2) is 0 Å². The summed E-state index contributed by atoms with van der Waals surface area (Å²) in [7, 11) is 0. The summed E-state index contributed by atoms with van der Waals surface area (Å²) in [6.45, 7) is 6.42. The molecule has 0 radical (unpaired) electrons. The number of hydrogen-bond acceptors (Lipinski definition) is 5. The second-order valence-electron chi connectivity index (χ2n) is 4.43. The molecule has 0 aliphatic heterocycles. The Balaban J connectivity index is 3.62. The summed E-state index contributed by atoms with van der Waals surface area (Å²) in [6.07, 6.45) is 2.18. The third-order valence-corrected chi connectivity index (χ3v) is 3.14. The lowest BCUT2D eigenvalue weighted by atomic mass is 9.91. The van der Waals surface area contributed by atoms with Crippen molar-refractivity contribution in [3.05, 3.63) is 0 Å². The minimum Gasteiger partial charge on any atom is -0.463 e.